The monoisotopic (exact) mass is 433 g/mol. The van der Waals surface area contributed by atoms with Crippen LogP contribution in [0.3, 0.4) is 0 Å². The molecule has 166 valence electrons. The van der Waals surface area contributed by atoms with E-state index >= 15 is 0 Å². The molecule has 0 fully saturated rings. The maximum atomic E-state index is 5.81. The third-order valence-corrected chi connectivity index (χ3v) is 5.62. The van der Waals surface area contributed by atoms with Crippen LogP contribution in [0.2, 0.25) is 0 Å². The fourth-order valence-electron chi connectivity index (χ4n) is 3.96. The predicted octanol–water partition coefficient (Wildman–Crippen LogP) is 3.85. The first-order chi connectivity index (χ1) is 15.8. The number of fused-ring (bicyclic) bond motifs is 2. The fraction of sp³-hybridized carbons (Fsp3) is 0.320. The average Bonchev–Trinajstić information content (AvgIpc) is 3.51. The first-order valence-corrected chi connectivity index (χ1v) is 11.0. The van der Waals surface area contributed by atoms with E-state index in [9.17, 15) is 0 Å². The van der Waals surface area contributed by atoms with Crippen molar-refractivity contribution in [1.82, 2.24) is 10.6 Å². The Bertz CT molecular complexity index is 1060. The normalized spacial score (nSPS) is 16.9. The van der Waals surface area contributed by atoms with Gasteiger partial charge in [-0.15, -0.1) is 0 Å². The van der Waals surface area contributed by atoms with Crippen LogP contribution in [-0.4, -0.2) is 32.4 Å². The van der Waals surface area contributed by atoms with Gasteiger partial charge in [0, 0.05) is 31.5 Å². The molecule has 3 heterocycles. The number of furan rings is 1. The molecule has 0 aliphatic carbocycles. The Morgan fingerprint density at radius 1 is 0.938 bits per heavy atom. The van der Waals surface area contributed by atoms with E-state index in [0.29, 0.717) is 19.9 Å². The van der Waals surface area contributed by atoms with E-state index in [1.165, 1.54) is 5.56 Å². The lowest BCUT2D eigenvalue weighted by molar-refractivity contribution is 0.174. The smallest absolute Gasteiger partial charge is 0.231 e. The lowest BCUT2D eigenvalue weighted by Gasteiger charge is -2.28. The number of para-hydroxylation sites is 1. The van der Waals surface area contributed by atoms with Crippen molar-refractivity contribution in [3.63, 3.8) is 0 Å². The topological polar surface area (TPSA) is 77.3 Å². The van der Waals surface area contributed by atoms with Crippen molar-refractivity contribution in [3.05, 3.63) is 77.7 Å². The van der Waals surface area contributed by atoms with Crippen LogP contribution < -0.4 is 24.8 Å². The number of rotatable bonds is 7. The van der Waals surface area contributed by atoms with Crippen molar-refractivity contribution in [1.29, 1.82) is 0 Å². The van der Waals surface area contributed by atoms with Gasteiger partial charge in [-0.25, -0.2) is 0 Å². The third kappa shape index (κ3) is 4.82. The molecule has 0 bridgehead atoms. The van der Waals surface area contributed by atoms with Gasteiger partial charge in [-0.2, -0.15) is 0 Å². The lowest BCUT2D eigenvalue weighted by atomic mass is 10.0. The van der Waals surface area contributed by atoms with Crippen molar-refractivity contribution in [3.8, 4) is 17.2 Å². The zero-order valence-corrected chi connectivity index (χ0v) is 17.9. The maximum absolute atomic E-state index is 5.81. The van der Waals surface area contributed by atoms with E-state index in [0.717, 1.165) is 60.3 Å². The summed E-state index contributed by atoms with van der Waals surface area (Å²) in [5, 5.41) is 7.09. The Labute approximate surface area is 187 Å². The average molecular weight is 434 g/mol. The van der Waals surface area contributed by atoms with E-state index in [2.05, 4.69) is 22.8 Å². The summed E-state index contributed by atoms with van der Waals surface area (Å²) >= 11 is 0. The van der Waals surface area contributed by atoms with Gasteiger partial charge >= 0.3 is 0 Å². The minimum absolute atomic E-state index is 0.153. The van der Waals surface area contributed by atoms with E-state index in [-0.39, 0.29) is 6.04 Å². The molecule has 7 nitrogen and oxygen atoms in total. The zero-order chi connectivity index (χ0) is 21.6. The molecule has 7 heteroatoms. The summed E-state index contributed by atoms with van der Waals surface area (Å²) in [5.74, 6) is 4.28. The largest absolute Gasteiger partial charge is 0.493 e. The molecule has 3 aromatic rings. The molecule has 2 aromatic carbocycles. The number of guanidine groups is 1. The summed E-state index contributed by atoms with van der Waals surface area (Å²) in [5.41, 5.74) is 2.35. The number of hydrogen-bond acceptors (Lipinski definition) is 5. The number of hydrogen-bond donors (Lipinski definition) is 2. The van der Waals surface area contributed by atoms with Crippen LogP contribution in [0, 0.1) is 0 Å². The predicted molar refractivity (Wildman–Crippen MR) is 121 cm³/mol. The quantitative estimate of drug-likeness (QED) is 0.435. The number of ether oxygens (including phenoxy) is 3. The van der Waals surface area contributed by atoms with Crippen LogP contribution in [0.5, 0.6) is 17.2 Å². The highest BCUT2D eigenvalue weighted by atomic mass is 16.7. The second kappa shape index (κ2) is 9.68. The van der Waals surface area contributed by atoms with Gasteiger partial charge in [0.05, 0.1) is 18.9 Å². The third-order valence-electron chi connectivity index (χ3n) is 5.62. The molecule has 5 rings (SSSR count). The van der Waals surface area contributed by atoms with Crippen LogP contribution in [0.15, 0.2) is 70.3 Å². The molecule has 0 spiro atoms. The molecule has 2 aliphatic rings. The molecule has 0 amide bonds. The first kappa shape index (κ1) is 20.3. The number of aliphatic imine (C=N–C) groups is 1. The van der Waals surface area contributed by atoms with Gasteiger partial charge in [0.25, 0.3) is 0 Å². The molecule has 0 saturated heterocycles. The summed E-state index contributed by atoms with van der Waals surface area (Å²) in [6, 6.07) is 18.3. The molecule has 0 radical (unpaired) electrons. The maximum Gasteiger partial charge on any atom is 0.231 e. The molecule has 1 aromatic heterocycles. The molecule has 1 atom stereocenters. The van der Waals surface area contributed by atoms with Crippen molar-refractivity contribution >= 4 is 5.96 Å². The van der Waals surface area contributed by atoms with Gasteiger partial charge in [-0.05, 0) is 42.3 Å². The van der Waals surface area contributed by atoms with Gasteiger partial charge in [0.1, 0.15) is 11.5 Å². The van der Waals surface area contributed by atoms with Gasteiger partial charge in [0.15, 0.2) is 17.5 Å². The Morgan fingerprint density at radius 2 is 1.88 bits per heavy atom. The Morgan fingerprint density at radius 3 is 2.81 bits per heavy atom. The highest BCUT2D eigenvalue weighted by Gasteiger charge is 2.22. The minimum Gasteiger partial charge on any atom is -0.493 e. The highest BCUT2D eigenvalue weighted by molar-refractivity contribution is 5.80. The summed E-state index contributed by atoms with van der Waals surface area (Å²) in [4.78, 5) is 4.80. The minimum atomic E-state index is 0.153. The summed E-state index contributed by atoms with van der Waals surface area (Å²) in [7, 11) is 0. The van der Waals surface area contributed by atoms with E-state index in [1.807, 2.05) is 42.5 Å². The second-order valence-corrected chi connectivity index (χ2v) is 7.80. The Hall–Kier alpha value is -3.61. The number of nitrogens with one attached hydrogen (secondary N) is 2. The van der Waals surface area contributed by atoms with E-state index in [1.54, 1.807) is 6.26 Å². The van der Waals surface area contributed by atoms with Crippen LogP contribution in [0.1, 0.15) is 29.3 Å². The van der Waals surface area contributed by atoms with Crippen molar-refractivity contribution in [2.24, 2.45) is 4.99 Å². The number of nitrogens with zero attached hydrogens (tertiary/aromatic N) is 1. The number of benzene rings is 2. The molecule has 0 saturated carbocycles. The Kier molecular flexibility index (Phi) is 6.14. The van der Waals surface area contributed by atoms with Crippen LogP contribution >= 0.6 is 0 Å². The Balaban J connectivity index is 1.24. The van der Waals surface area contributed by atoms with Crippen molar-refractivity contribution < 1.29 is 18.6 Å². The molecule has 2 aliphatic heterocycles. The van der Waals surface area contributed by atoms with Gasteiger partial charge in [-0.3, -0.25) is 4.99 Å². The first-order valence-electron chi connectivity index (χ1n) is 11.0. The van der Waals surface area contributed by atoms with Crippen molar-refractivity contribution in [2.45, 2.75) is 25.3 Å². The fourth-order valence-corrected chi connectivity index (χ4v) is 3.96. The zero-order valence-electron chi connectivity index (χ0n) is 17.9. The summed E-state index contributed by atoms with van der Waals surface area (Å²) < 4.78 is 22.1. The summed E-state index contributed by atoms with van der Waals surface area (Å²) in [6.07, 6.45) is 4.19. The van der Waals surface area contributed by atoms with Gasteiger partial charge in [0.2, 0.25) is 6.79 Å². The van der Waals surface area contributed by atoms with Gasteiger partial charge < -0.3 is 29.3 Å². The van der Waals surface area contributed by atoms with E-state index < -0.39 is 0 Å². The molecule has 1 unspecified atom stereocenters. The lowest BCUT2D eigenvalue weighted by Crippen LogP contribution is -2.42. The van der Waals surface area contributed by atoms with Crippen LogP contribution in [0.25, 0.3) is 0 Å². The SMILES string of the molecule is c1coc(CCN=C(NCCc2ccc3c(c2)OCO3)NC2CCOc3ccccc32)c1. The molecular weight excluding hydrogens is 406 g/mol. The van der Waals surface area contributed by atoms with Crippen LogP contribution in [0.4, 0.5) is 0 Å². The molecule has 32 heavy (non-hydrogen) atoms. The van der Waals surface area contributed by atoms with E-state index in [4.69, 9.17) is 23.6 Å². The van der Waals surface area contributed by atoms with Crippen LogP contribution in [-0.2, 0) is 12.8 Å². The standard InChI is InChI=1S/C25H27N3O4/c1-2-6-22-20(5-1)21(11-15-30-22)28-25(27-13-10-19-4-3-14-29-19)26-12-9-18-7-8-23-24(16-18)32-17-31-23/h1-8,14,16,21H,9-13,15,17H2,(H2,26,27,28). The molecular formula is C25H27N3O4. The summed E-state index contributed by atoms with van der Waals surface area (Å²) in [6.45, 7) is 2.36. The highest BCUT2D eigenvalue weighted by Crippen LogP contribution is 2.33. The molecule has 2 N–H and O–H groups in total. The van der Waals surface area contributed by atoms with Crippen molar-refractivity contribution in [2.75, 3.05) is 26.5 Å². The van der Waals surface area contributed by atoms with Gasteiger partial charge in [-0.1, -0.05) is 24.3 Å². The second-order valence-electron chi connectivity index (χ2n) is 7.80.